The number of aromatic nitrogens is 2. The van der Waals surface area contributed by atoms with Gasteiger partial charge in [-0.05, 0) is 17.5 Å². The number of imidazole rings is 1. The lowest BCUT2D eigenvalue weighted by Crippen LogP contribution is -2.01. The number of aliphatic carboxylic acids is 1. The molecule has 0 saturated carbocycles. The summed E-state index contributed by atoms with van der Waals surface area (Å²) in [5, 5.41) is 13.1. The van der Waals surface area contributed by atoms with E-state index in [1.165, 1.54) is 23.5 Å². The van der Waals surface area contributed by atoms with Gasteiger partial charge < -0.3 is 5.11 Å². The van der Waals surface area contributed by atoms with Crippen molar-refractivity contribution in [1.82, 2.24) is 9.55 Å². The molecule has 0 saturated heterocycles. The summed E-state index contributed by atoms with van der Waals surface area (Å²) in [7, 11) is 0. The predicted molar refractivity (Wildman–Crippen MR) is 82.3 cm³/mol. The Balaban J connectivity index is 2.20. The molecule has 1 N–H and O–H groups in total. The maximum absolute atomic E-state index is 13.7. The first-order chi connectivity index (χ1) is 10.1. The van der Waals surface area contributed by atoms with Crippen molar-refractivity contribution in [1.29, 1.82) is 0 Å². The molecule has 0 amide bonds. The molecule has 0 unspecified atom stereocenters. The van der Waals surface area contributed by atoms with Crippen molar-refractivity contribution >= 4 is 51.7 Å². The van der Waals surface area contributed by atoms with Crippen molar-refractivity contribution in [2.75, 3.05) is 5.75 Å². The summed E-state index contributed by atoms with van der Waals surface area (Å²) < 4.78 is 15.5. The zero-order valence-electron chi connectivity index (χ0n) is 10.4. The van der Waals surface area contributed by atoms with E-state index in [1.807, 2.05) is 16.8 Å². The molecule has 3 rings (SSSR count). The number of benzene rings is 1. The van der Waals surface area contributed by atoms with Gasteiger partial charge in [0, 0.05) is 11.4 Å². The number of carboxylic acids is 1. The minimum atomic E-state index is -0.937. The number of nitrogens with zero attached hydrogens (tertiary/aromatic N) is 2. The molecular weight excluding hydrogens is 335 g/mol. The largest absolute Gasteiger partial charge is 0.481 e. The Morgan fingerprint density at radius 3 is 3.00 bits per heavy atom. The highest BCUT2D eigenvalue weighted by molar-refractivity contribution is 7.99. The van der Waals surface area contributed by atoms with Crippen molar-refractivity contribution in [3.05, 3.63) is 39.8 Å². The summed E-state index contributed by atoms with van der Waals surface area (Å²) in [5.74, 6) is -1.59. The van der Waals surface area contributed by atoms with E-state index in [-0.39, 0.29) is 10.8 Å². The van der Waals surface area contributed by atoms with Gasteiger partial charge in [-0.1, -0.05) is 23.4 Å². The van der Waals surface area contributed by atoms with E-state index in [9.17, 15) is 9.18 Å². The second-order valence-electron chi connectivity index (χ2n) is 4.15. The van der Waals surface area contributed by atoms with Gasteiger partial charge in [0.1, 0.15) is 5.82 Å². The second kappa shape index (κ2) is 5.67. The normalized spacial score (nSPS) is 11.1. The SMILES string of the molecule is O=C(O)CSc1nc2cc(Cl)c(F)cc2n1-c1ccsc1. The van der Waals surface area contributed by atoms with Crippen molar-refractivity contribution < 1.29 is 14.3 Å². The average molecular weight is 343 g/mol. The molecule has 0 bridgehead atoms. The van der Waals surface area contributed by atoms with E-state index in [4.69, 9.17) is 16.7 Å². The molecule has 0 aliphatic carbocycles. The van der Waals surface area contributed by atoms with Crippen molar-refractivity contribution in [2.45, 2.75) is 5.16 Å². The summed E-state index contributed by atoms with van der Waals surface area (Å²) in [6, 6.07) is 4.62. The predicted octanol–water partition coefficient (Wildman–Crippen LogP) is 4.06. The number of fused-ring (bicyclic) bond motifs is 1. The molecule has 2 aromatic heterocycles. The van der Waals surface area contributed by atoms with Crippen LogP contribution in [0.3, 0.4) is 0 Å². The zero-order valence-corrected chi connectivity index (χ0v) is 12.8. The van der Waals surface area contributed by atoms with E-state index >= 15 is 0 Å². The number of carbonyl (C=O) groups is 1. The van der Waals surface area contributed by atoms with E-state index < -0.39 is 11.8 Å². The van der Waals surface area contributed by atoms with Crippen LogP contribution in [0.25, 0.3) is 16.7 Å². The van der Waals surface area contributed by atoms with Crippen LogP contribution in [-0.4, -0.2) is 26.4 Å². The molecule has 0 spiro atoms. The third-order valence-electron chi connectivity index (χ3n) is 2.75. The van der Waals surface area contributed by atoms with Crippen LogP contribution in [0, 0.1) is 5.82 Å². The van der Waals surface area contributed by atoms with Gasteiger partial charge in [-0.3, -0.25) is 9.36 Å². The maximum Gasteiger partial charge on any atom is 0.313 e. The highest BCUT2D eigenvalue weighted by Gasteiger charge is 2.16. The Labute approximate surface area is 132 Å². The van der Waals surface area contributed by atoms with Crippen LogP contribution in [-0.2, 0) is 4.79 Å². The lowest BCUT2D eigenvalue weighted by Gasteiger charge is -2.05. The lowest BCUT2D eigenvalue weighted by molar-refractivity contribution is -0.133. The summed E-state index contributed by atoms with van der Waals surface area (Å²) in [6.45, 7) is 0. The molecule has 0 radical (unpaired) electrons. The van der Waals surface area contributed by atoms with Gasteiger partial charge in [-0.15, -0.1) is 0 Å². The third-order valence-corrected chi connectivity index (χ3v) is 4.64. The number of thioether (sulfide) groups is 1. The van der Waals surface area contributed by atoms with Crippen LogP contribution >= 0.6 is 34.7 Å². The van der Waals surface area contributed by atoms with Crippen LogP contribution in [0.4, 0.5) is 4.39 Å². The van der Waals surface area contributed by atoms with Crippen LogP contribution in [0.5, 0.6) is 0 Å². The molecule has 3 aromatic rings. The first-order valence-electron chi connectivity index (χ1n) is 5.81. The highest BCUT2D eigenvalue weighted by atomic mass is 35.5. The second-order valence-corrected chi connectivity index (χ2v) is 6.28. The molecule has 0 fully saturated rings. The van der Waals surface area contributed by atoms with Crippen molar-refractivity contribution in [3.63, 3.8) is 0 Å². The number of rotatable bonds is 4. The summed E-state index contributed by atoms with van der Waals surface area (Å²) in [4.78, 5) is 15.1. The number of thiophene rings is 1. The minimum Gasteiger partial charge on any atom is -0.481 e. The van der Waals surface area contributed by atoms with Gasteiger partial charge in [-0.2, -0.15) is 11.3 Å². The summed E-state index contributed by atoms with van der Waals surface area (Å²) in [6.07, 6.45) is 0. The Kier molecular flexibility index (Phi) is 3.88. The van der Waals surface area contributed by atoms with Crippen LogP contribution in [0.1, 0.15) is 0 Å². The van der Waals surface area contributed by atoms with E-state index in [2.05, 4.69) is 4.98 Å². The molecule has 108 valence electrons. The molecule has 2 heterocycles. The van der Waals surface area contributed by atoms with Gasteiger partial charge in [0.05, 0.1) is 27.5 Å². The molecule has 8 heteroatoms. The van der Waals surface area contributed by atoms with E-state index in [0.29, 0.717) is 16.2 Å². The van der Waals surface area contributed by atoms with Crippen LogP contribution in [0.2, 0.25) is 5.02 Å². The Bertz CT molecular complexity index is 817. The van der Waals surface area contributed by atoms with Gasteiger partial charge in [0.2, 0.25) is 0 Å². The minimum absolute atomic E-state index is 0.00717. The Morgan fingerprint density at radius 1 is 1.52 bits per heavy atom. The molecule has 0 aliphatic heterocycles. The van der Waals surface area contributed by atoms with Gasteiger partial charge in [0.15, 0.2) is 5.16 Å². The number of hydrogen-bond donors (Lipinski definition) is 1. The molecule has 4 nitrogen and oxygen atoms in total. The highest BCUT2D eigenvalue weighted by Crippen LogP contribution is 2.31. The smallest absolute Gasteiger partial charge is 0.313 e. The van der Waals surface area contributed by atoms with Crippen LogP contribution < -0.4 is 0 Å². The topological polar surface area (TPSA) is 55.1 Å². The number of carboxylic acid groups (broad SMARTS) is 1. The number of halogens is 2. The standard InChI is InChI=1S/C13H8ClFN2O2S2/c14-8-3-10-11(4-9(8)15)17(7-1-2-20-5-7)13(16-10)21-6-12(18)19/h1-5H,6H2,(H,18,19). The molecule has 1 aromatic carbocycles. The molecular formula is C13H8ClFN2O2S2. The molecule has 21 heavy (non-hydrogen) atoms. The third kappa shape index (κ3) is 2.76. The van der Waals surface area contributed by atoms with Crippen LogP contribution in [0.15, 0.2) is 34.1 Å². The summed E-state index contributed by atoms with van der Waals surface area (Å²) in [5.41, 5.74) is 1.90. The van der Waals surface area contributed by atoms with Gasteiger partial charge in [0.25, 0.3) is 0 Å². The van der Waals surface area contributed by atoms with E-state index in [1.54, 1.807) is 4.57 Å². The molecule has 0 aliphatic rings. The monoisotopic (exact) mass is 342 g/mol. The summed E-state index contributed by atoms with van der Waals surface area (Å²) >= 11 is 8.35. The van der Waals surface area contributed by atoms with Crippen molar-refractivity contribution in [2.24, 2.45) is 0 Å². The number of hydrogen-bond acceptors (Lipinski definition) is 4. The first kappa shape index (κ1) is 14.4. The lowest BCUT2D eigenvalue weighted by atomic mass is 10.3. The first-order valence-corrected chi connectivity index (χ1v) is 8.11. The fourth-order valence-electron chi connectivity index (χ4n) is 1.91. The van der Waals surface area contributed by atoms with Crippen molar-refractivity contribution in [3.8, 4) is 5.69 Å². The average Bonchev–Trinajstić information content (AvgIpc) is 3.04. The fourth-order valence-corrected chi connectivity index (χ4v) is 3.43. The fraction of sp³-hybridized carbons (Fsp3) is 0.0769. The Hall–Kier alpha value is -1.57. The van der Waals surface area contributed by atoms with Gasteiger partial charge in [-0.25, -0.2) is 9.37 Å². The quantitative estimate of drug-likeness (QED) is 0.726. The van der Waals surface area contributed by atoms with Gasteiger partial charge >= 0.3 is 5.97 Å². The maximum atomic E-state index is 13.7. The zero-order chi connectivity index (χ0) is 15.0. The Morgan fingerprint density at radius 2 is 2.33 bits per heavy atom. The molecule has 0 atom stereocenters. The van der Waals surface area contributed by atoms with E-state index in [0.717, 1.165) is 17.4 Å².